The lowest BCUT2D eigenvalue weighted by Gasteiger charge is -2.13. The fraction of sp³-hybridized carbons (Fsp3) is 0.462. The molecule has 0 amide bonds. The van der Waals surface area contributed by atoms with E-state index in [1.807, 2.05) is 33.2 Å². The third-order valence-electron chi connectivity index (χ3n) is 2.91. The van der Waals surface area contributed by atoms with Crippen LogP contribution in [-0.4, -0.2) is 25.1 Å². The average Bonchev–Trinajstić information content (AvgIpc) is 2.74. The first-order valence-corrected chi connectivity index (χ1v) is 6.08. The Hall–Kier alpha value is -1.75. The number of hydrogen-bond acceptors (Lipinski definition) is 4. The first-order valence-electron chi connectivity index (χ1n) is 6.08. The van der Waals surface area contributed by atoms with E-state index in [0.29, 0.717) is 6.42 Å². The van der Waals surface area contributed by atoms with Crippen LogP contribution in [0.1, 0.15) is 35.5 Å². The van der Waals surface area contributed by atoms with Gasteiger partial charge >= 0.3 is 0 Å². The van der Waals surface area contributed by atoms with Crippen LogP contribution in [0.25, 0.3) is 0 Å². The Morgan fingerprint density at radius 2 is 2.17 bits per heavy atom. The Morgan fingerprint density at radius 3 is 2.78 bits per heavy atom. The molecule has 0 fully saturated rings. The van der Waals surface area contributed by atoms with Gasteiger partial charge in [-0.1, -0.05) is 6.92 Å². The van der Waals surface area contributed by atoms with E-state index < -0.39 is 6.10 Å². The monoisotopic (exact) mass is 246 g/mol. The van der Waals surface area contributed by atoms with E-state index in [2.05, 4.69) is 15.3 Å². The van der Waals surface area contributed by atoms with Gasteiger partial charge in [-0.2, -0.15) is 15.3 Å². The van der Waals surface area contributed by atoms with Crippen molar-refractivity contribution in [3.8, 4) is 0 Å². The second-order valence-corrected chi connectivity index (χ2v) is 4.48. The number of aromatic nitrogens is 4. The predicted octanol–water partition coefficient (Wildman–Crippen LogP) is 1.36. The van der Waals surface area contributed by atoms with Crippen molar-refractivity contribution in [2.24, 2.45) is 7.05 Å². The fourth-order valence-electron chi connectivity index (χ4n) is 2.01. The Bertz CT molecular complexity index is 536. The Morgan fingerprint density at radius 1 is 1.39 bits per heavy atom. The minimum atomic E-state index is -0.557. The van der Waals surface area contributed by atoms with Crippen molar-refractivity contribution in [3.63, 3.8) is 0 Å². The van der Waals surface area contributed by atoms with E-state index >= 15 is 0 Å². The summed E-state index contributed by atoms with van der Waals surface area (Å²) in [5.41, 5.74) is 3.57. The molecule has 2 aromatic heterocycles. The topological polar surface area (TPSA) is 63.8 Å². The van der Waals surface area contributed by atoms with Crippen LogP contribution in [0.15, 0.2) is 18.5 Å². The molecule has 0 saturated heterocycles. The van der Waals surface area contributed by atoms with Gasteiger partial charge in [-0.05, 0) is 25.0 Å². The summed E-state index contributed by atoms with van der Waals surface area (Å²) in [6, 6.07) is 1.91. The third kappa shape index (κ3) is 2.73. The molecule has 96 valence electrons. The Kier molecular flexibility index (Phi) is 3.72. The maximum Gasteiger partial charge on any atom is 0.0850 e. The first kappa shape index (κ1) is 12.7. The molecular formula is C13H18N4O. The zero-order valence-electron chi connectivity index (χ0n) is 11.0. The second-order valence-electron chi connectivity index (χ2n) is 4.48. The summed E-state index contributed by atoms with van der Waals surface area (Å²) >= 11 is 0. The van der Waals surface area contributed by atoms with Gasteiger partial charge in [-0.3, -0.25) is 4.68 Å². The molecule has 0 spiro atoms. The largest absolute Gasteiger partial charge is 0.388 e. The summed E-state index contributed by atoms with van der Waals surface area (Å²) in [7, 11) is 1.87. The molecule has 0 radical (unpaired) electrons. The second kappa shape index (κ2) is 5.27. The molecule has 0 aromatic carbocycles. The van der Waals surface area contributed by atoms with Crippen molar-refractivity contribution < 1.29 is 5.11 Å². The number of aliphatic hydroxyl groups is 1. The molecule has 5 heteroatoms. The molecule has 1 N–H and O–H groups in total. The molecular weight excluding hydrogens is 228 g/mol. The molecule has 0 bridgehead atoms. The Balaban J connectivity index is 2.22. The normalized spacial score (nSPS) is 12.7. The molecule has 5 nitrogen and oxygen atoms in total. The van der Waals surface area contributed by atoms with Crippen molar-refractivity contribution >= 4 is 0 Å². The molecule has 2 rings (SSSR count). The highest BCUT2D eigenvalue weighted by molar-refractivity contribution is 5.25. The van der Waals surface area contributed by atoms with E-state index in [-0.39, 0.29) is 0 Å². The van der Waals surface area contributed by atoms with Crippen molar-refractivity contribution in [1.29, 1.82) is 0 Å². The van der Waals surface area contributed by atoms with Crippen molar-refractivity contribution in [2.75, 3.05) is 0 Å². The zero-order valence-corrected chi connectivity index (χ0v) is 11.0. The lowest BCUT2D eigenvalue weighted by molar-refractivity contribution is 0.176. The van der Waals surface area contributed by atoms with Gasteiger partial charge in [0.15, 0.2) is 0 Å². The summed E-state index contributed by atoms with van der Waals surface area (Å²) in [5, 5.41) is 22.6. The van der Waals surface area contributed by atoms with Gasteiger partial charge < -0.3 is 5.11 Å². The van der Waals surface area contributed by atoms with Gasteiger partial charge in [0.2, 0.25) is 0 Å². The van der Waals surface area contributed by atoms with Gasteiger partial charge in [0.25, 0.3) is 0 Å². The summed E-state index contributed by atoms with van der Waals surface area (Å²) in [5.74, 6) is 0. The lowest BCUT2D eigenvalue weighted by Crippen LogP contribution is -2.08. The number of hydrogen-bond donors (Lipinski definition) is 1. The molecule has 1 atom stereocenters. The molecule has 0 aliphatic carbocycles. The maximum atomic E-state index is 10.3. The van der Waals surface area contributed by atoms with Gasteiger partial charge in [-0.25, -0.2) is 0 Å². The van der Waals surface area contributed by atoms with Crippen molar-refractivity contribution in [2.45, 2.75) is 32.8 Å². The lowest BCUT2D eigenvalue weighted by atomic mass is 10.0. The van der Waals surface area contributed by atoms with E-state index in [1.165, 1.54) is 0 Å². The number of nitrogens with zero attached hydrogens (tertiary/aromatic N) is 4. The molecule has 0 saturated carbocycles. The van der Waals surface area contributed by atoms with Crippen LogP contribution in [0.2, 0.25) is 0 Å². The summed E-state index contributed by atoms with van der Waals surface area (Å²) in [6.45, 7) is 3.90. The van der Waals surface area contributed by atoms with E-state index in [1.54, 1.807) is 10.9 Å². The summed E-state index contributed by atoms with van der Waals surface area (Å²) < 4.78 is 1.73. The van der Waals surface area contributed by atoms with Crippen LogP contribution >= 0.6 is 0 Å². The molecule has 0 aliphatic rings. The molecule has 18 heavy (non-hydrogen) atoms. The zero-order chi connectivity index (χ0) is 13.1. The molecule has 0 aliphatic heterocycles. The van der Waals surface area contributed by atoms with Gasteiger partial charge in [-0.15, -0.1) is 0 Å². The predicted molar refractivity (Wildman–Crippen MR) is 68.0 cm³/mol. The van der Waals surface area contributed by atoms with Crippen LogP contribution in [0.3, 0.4) is 0 Å². The van der Waals surface area contributed by atoms with Gasteiger partial charge in [0.05, 0.1) is 23.7 Å². The Labute approximate surface area is 106 Å². The van der Waals surface area contributed by atoms with Crippen LogP contribution in [-0.2, 0) is 19.9 Å². The van der Waals surface area contributed by atoms with Gasteiger partial charge in [0, 0.05) is 25.2 Å². The van der Waals surface area contributed by atoms with Gasteiger partial charge in [0.1, 0.15) is 0 Å². The molecule has 2 aromatic rings. The number of aryl methyl sites for hydroxylation is 3. The summed E-state index contributed by atoms with van der Waals surface area (Å²) in [4.78, 5) is 0. The number of aliphatic hydroxyl groups excluding tert-OH is 1. The van der Waals surface area contributed by atoms with Crippen LogP contribution in [0.4, 0.5) is 0 Å². The van der Waals surface area contributed by atoms with Crippen LogP contribution in [0.5, 0.6) is 0 Å². The number of rotatable bonds is 4. The standard InChI is InChI=1S/C13H18N4O/c1-4-12-11(5-9(2)15-16-12)13(18)6-10-7-14-17(3)8-10/h5,7-8,13,18H,4,6H2,1-3H3. The van der Waals surface area contributed by atoms with E-state index in [4.69, 9.17) is 0 Å². The first-order chi connectivity index (χ1) is 8.60. The quantitative estimate of drug-likeness (QED) is 0.884. The smallest absolute Gasteiger partial charge is 0.0850 e. The van der Waals surface area contributed by atoms with Crippen molar-refractivity contribution in [1.82, 2.24) is 20.0 Å². The highest BCUT2D eigenvalue weighted by Gasteiger charge is 2.15. The van der Waals surface area contributed by atoms with E-state index in [9.17, 15) is 5.11 Å². The third-order valence-corrected chi connectivity index (χ3v) is 2.91. The average molecular weight is 246 g/mol. The van der Waals surface area contributed by atoms with E-state index in [0.717, 1.165) is 28.9 Å². The minimum absolute atomic E-state index is 0.548. The molecule has 2 heterocycles. The summed E-state index contributed by atoms with van der Waals surface area (Å²) in [6.07, 6.45) is 4.45. The fourth-order valence-corrected chi connectivity index (χ4v) is 2.01. The van der Waals surface area contributed by atoms with Crippen LogP contribution < -0.4 is 0 Å². The van der Waals surface area contributed by atoms with Crippen molar-refractivity contribution in [3.05, 3.63) is 41.0 Å². The highest BCUT2D eigenvalue weighted by Crippen LogP contribution is 2.21. The molecule has 1 unspecified atom stereocenters. The SMILES string of the molecule is CCc1nnc(C)cc1C(O)Cc1cnn(C)c1. The highest BCUT2D eigenvalue weighted by atomic mass is 16.3. The maximum absolute atomic E-state index is 10.3. The van der Waals surface area contributed by atoms with Crippen LogP contribution in [0, 0.1) is 6.92 Å². The minimum Gasteiger partial charge on any atom is -0.388 e.